The molecule has 0 aromatic heterocycles. The van der Waals surface area contributed by atoms with Crippen LogP contribution >= 0.6 is 31.9 Å². The second kappa shape index (κ2) is 6.42. The third kappa shape index (κ3) is 2.75. The van der Waals surface area contributed by atoms with Gasteiger partial charge in [-0.05, 0) is 67.8 Å². The van der Waals surface area contributed by atoms with E-state index in [4.69, 9.17) is 4.74 Å². The molecule has 1 aromatic rings. The van der Waals surface area contributed by atoms with Crippen molar-refractivity contribution in [1.82, 2.24) is 5.01 Å². The van der Waals surface area contributed by atoms with Gasteiger partial charge in [0.05, 0.1) is 27.0 Å². The molecule has 1 aromatic carbocycles. The average Bonchev–Trinajstić information content (AvgIpc) is 3.24. The van der Waals surface area contributed by atoms with Crippen LogP contribution in [0.1, 0.15) is 18.9 Å². The highest BCUT2D eigenvalue weighted by atomic mass is 79.9. The Balaban J connectivity index is 1.57. The van der Waals surface area contributed by atoms with E-state index in [-0.39, 0.29) is 35.5 Å². The number of rotatable bonds is 3. The van der Waals surface area contributed by atoms with Crippen LogP contribution in [0.5, 0.6) is 5.75 Å². The molecule has 2 aliphatic carbocycles. The minimum absolute atomic E-state index is 0.160. The predicted octanol–water partition coefficient (Wildman–Crippen LogP) is 3.28. The summed E-state index contributed by atoms with van der Waals surface area (Å²) < 4.78 is 6.24. The van der Waals surface area contributed by atoms with Crippen molar-refractivity contribution in [3.8, 4) is 5.75 Å². The van der Waals surface area contributed by atoms with Gasteiger partial charge >= 0.3 is 5.97 Å². The third-order valence-corrected chi connectivity index (χ3v) is 6.21. The number of fused-ring (bicyclic) bond motifs is 5. The summed E-state index contributed by atoms with van der Waals surface area (Å²) in [5.41, 5.74) is 0.651. The van der Waals surface area contributed by atoms with Crippen molar-refractivity contribution >= 4 is 55.9 Å². The van der Waals surface area contributed by atoms with Crippen LogP contribution in [0.4, 0.5) is 0 Å². The van der Waals surface area contributed by atoms with Crippen LogP contribution < -0.4 is 4.74 Å². The number of carbonyl (C=O) groups excluding carboxylic acids is 3. The van der Waals surface area contributed by atoms with Crippen molar-refractivity contribution in [3.05, 3.63) is 38.8 Å². The molecule has 1 aliphatic heterocycles. The number of amides is 2. The van der Waals surface area contributed by atoms with Crippen molar-refractivity contribution in [3.63, 3.8) is 0 Å². The molecule has 2 bridgehead atoms. The predicted molar refractivity (Wildman–Crippen MR) is 100 cm³/mol. The minimum atomic E-state index is -0.434. The van der Waals surface area contributed by atoms with Crippen molar-refractivity contribution in [1.29, 1.82) is 0 Å². The summed E-state index contributed by atoms with van der Waals surface area (Å²) in [5.74, 6) is -0.721. The lowest BCUT2D eigenvalue weighted by Crippen LogP contribution is -2.28. The second-order valence-corrected chi connectivity index (χ2v) is 8.35. The highest BCUT2D eigenvalue weighted by Gasteiger charge is 2.59. The Bertz CT molecular complexity index is 842. The Kier molecular flexibility index (Phi) is 4.35. The Hall–Kier alpha value is -1.80. The van der Waals surface area contributed by atoms with Crippen molar-refractivity contribution in [2.45, 2.75) is 13.3 Å². The summed E-state index contributed by atoms with van der Waals surface area (Å²) in [6.45, 7) is 1.32. The Morgan fingerprint density at radius 1 is 1.15 bits per heavy atom. The second-order valence-electron chi connectivity index (χ2n) is 6.64. The Labute approximate surface area is 166 Å². The molecular formula is C18H14Br2N2O4. The largest absolute Gasteiger partial charge is 0.424 e. The van der Waals surface area contributed by atoms with Crippen LogP contribution in [0.25, 0.3) is 0 Å². The van der Waals surface area contributed by atoms with Crippen LogP contribution in [0.3, 0.4) is 0 Å². The van der Waals surface area contributed by atoms with E-state index < -0.39 is 5.97 Å². The fourth-order valence-corrected chi connectivity index (χ4v) is 5.40. The summed E-state index contributed by atoms with van der Waals surface area (Å²) >= 11 is 6.69. The van der Waals surface area contributed by atoms with Crippen LogP contribution in [-0.4, -0.2) is 29.0 Å². The molecule has 26 heavy (non-hydrogen) atoms. The molecule has 6 nitrogen and oxygen atoms in total. The van der Waals surface area contributed by atoms with E-state index in [1.54, 1.807) is 12.1 Å². The van der Waals surface area contributed by atoms with Gasteiger partial charge in [-0.2, -0.15) is 10.1 Å². The highest BCUT2D eigenvalue weighted by molar-refractivity contribution is 9.11. The zero-order valence-electron chi connectivity index (χ0n) is 13.7. The lowest BCUT2D eigenvalue weighted by atomic mass is 9.85. The van der Waals surface area contributed by atoms with Gasteiger partial charge in [0.2, 0.25) is 0 Å². The first-order valence-electron chi connectivity index (χ1n) is 8.14. The topological polar surface area (TPSA) is 76.0 Å². The zero-order chi connectivity index (χ0) is 18.6. The number of hydrazone groups is 1. The van der Waals surface area contributed by atoms with Gasteiger partial charge in [0.25, 0.3) is 11.8 Å². The van der Waals surface area contributed by atoms with E-state index in [0.29, 0.717) is 20.3 Å². The number of imide groups is 1. The third-order valence-electron chi connectivity index (χ3n) is 5.04. The van der Waals surface area contributed by atoms with Gasteiger partial charge < -0.3 is 4.74 Å². The molecule has 1 saturated heterocycles. The van der Waals surface area contributed by atoms with Gasteiger partial charge in [-0.25, -0.2) is 0 Å². The van der Waals surface area contributed by atoms with Crippen LogP contribution in [0.15, 0.2) is 38.3 Å². The monoisotopic (exact) mass is 480 g/mol. The van der Waals surface area contributed by atoms with Crippen molar-refractivity contribution < 1.29 is 19.1 Å². The number of hydrogen-bond acceptors (Lipinski definition) is 5. The number of benzene rings is 1. The standard InChI is InChI=1S/C18H14Br2N2O4/c1-8(23)26-16-12(19)4-9(5-13(16)20)7-21-22-17(24)14-10-2-3-11(6-10)15(14)18(22)25/h2-5,7,10-11,14-15H,6H2,1H3/t10-,11-,14-,15+/m0/s1. The summed E-state index contributed by atoms with van der Waals surface area (Å²) in [6, 6.07) is 3.40. The van der Waals surface area contributed by atoms with Crippen LogP contribution in [-0.2, 0) is 14.4 Å². The number of halogens is 2. The maximum Gasteiger partial charge on any atom is 0.308 e. The maximum absolute atomic E-state index is 12.6. The summed E-state index contributed by atoms with van der Waals surface area (Å²) in [7, 11) is 0. The van der Waals surface area contributed by atoms with Crippen LogP contribution in [0, 0.1) is 23.7 Å². The van der Waals surface area contributed by atoms with Gasteiger partial charge in [-0.3, -0.25) is 14.4 Å². The summed E-state index contributed by atoms with van der Waals surface area (Å²) in [5, 5.41) is 5.14. The molecule has 2 fully saturated rings. The minimum Gasteiger partial charge on any atom is -0.424 e. The average molecular weight is 482 g/mol. The number of allylic oxidation sites excluding steroid dienone is 2. The molecule has 3 aliphatic rings. The van der Waals surface area contributed by atoms with Gasteiger partial charge in [0.1, 0.15) is 0 Å². The number of nitrogens with zero attached hydrogens (tertiary/aromatic N) is 2. The first-order valence-corrected chi connectivity index (χ1v) is 9.73. The highest BCUT2D eigenvalue weighted by Crippen LogP contribution is 2.52. The van der Waals surface area contributed by atoms with Crippen molar-refractivity contribution in [2.75, 3.05) is 0 Å². The number of esters is 1. The van der Waals surface area contributed by atoms with E-state index in [2.05, 4.69) is 37.0 Å². The SMILES string of the molecule is CC(=O)Oc1c(Br)cc(C=NN2C(=O)[C@@H]3[C@H](C2=O)[C@H]2C=C[C@H]3C2)cc1Br. The van der Waals surface area contributed by atoms with Crippen molar-refractivity contribution in [2.24, 2.45) is 28.8 Å². The maximum atomic E-state index is 12.6. The fraction of sp³-hybridized carbons (Fsp3) is 0.333. The molecule has 2 amide bonds. The molecule has 0 N–H and O–H groups in total. The fourth-order valence-electron chi connectivity index (χ4n) is 4.02. The van der Waals surface area contributed by atoms with E-state index in [0.717, 1.165) is 11.4 Å². The molecule has 1 saturated carbocycles. The molecular weight excluding hydrogens is 468 g/mol. The molecule has 0 spiro atoms. The number of carbonyl (C=O) groups is 3. The molecule has 8 heteroatoms. The van der Waals surface area contributed by atoms with Gasteiger partial charge in [0.15, 0.2) is 5.75 Å². The molecule has 4 rings (SSSR count). The first-order chi connectivity index (χ1) is 12.4. The lowest BCUT2D eigenvalue weighted by Gasteiger charge is -2.13. The van der Waals surface area contributed by atoms with E-state index in [1.165, 1.54) is 13.1 Å². The Morgan fingerprint density at radius 3 is 2.19 bits per heavy atom. The first kappa shape index (κ1) is 17.6. The van der Waals surface area contributed by atoms with E-state index >= 15 is 0 Å². The smallest absolute Gasteiger partial charge is 0.308 e. The molecule has 0 unspecified atom stereocenters. The molecule has 0 radical (unpaired) electrons. The Morgan fingerprint density at radius 2 is 1.69 bits per heavy atom. The zero-order valence-corrected chi connectivity index (χ0v) is 16.9. The molecule has 4 atom stereocenters. The van der Waals surface area contributed by atoms with Crippen LogP contribution in [0.2, 0.25) is 0 Å². The normalized spacial score (nSPS) is 29.1. The van der Waals surface area contributed by atoms with Gasteiger partial charge in [-0.15, -0.1) is 0 Å². The number of hydrogen-bond donors (Lipinski definition) is 0. The lowest BCUT2D eigenvalue weighted by molar-refractivity contribution is -0.140. The molecule has 1 heterocycles. The summed E-state index contributed by atoms with van der Waals surface area (Å²) in [4.78, 5) is 36.3. The van der Waals surface area contributed by atoms with Gasteiger partial charge in [0, 0.05) is 6.92 Å². The van der Waals surface area contributed by atoms with E-state index in [1.807, 2.05) is 12.2 Å². The quantitative estimate of drug-likeness (QED) is 0.218. The summed E-state index contributed by atoms with van der Waals surface area (Å²) in [6.07, 6.45) is 6.44. The van der Waals surface area contributed by atoms with Gasteiger partial charge in [-0.1, -0.05) is 12.2 Å². The number of ether oxygens (including phenoxy) is 1. The van der Waals surface area contributed by atoms with E-state index in [9.17, 15) is 14.4 Å². The molecule has 134 valence electrons.